The van der Waals surface area contributed by atoms with Crippen LogP contribution in [0.25, 0.3) is 0 Å². The minimum Gasteiger partial charge on any atom is -0.309 e. The van der Waals surface area contributed by atoms with E-state index in [-0.39, 0.29) is 11.1 Å². The minimum absolute atomic E-state index is 0.0410. The first kappa shape index (κ1) is 12.4. The van der Waals surface area contributed by atoms with Gasteiger partial charge in [0.25, 0.3) is 5.56 Å². The fourth-order valence-electron chi connectivity index (χ4n) is 1.44. The quantitative estimate of drug-likeness (QED) is 0.856. The lowest BCUT2D eigenvalue weighted by Gasteiger charge is -2.02. The van der Waals surface area contributed by atoms with Gasteiger partial charge in [-0.2, -0.15) is 5.26 Å². The second-order valence-corrected chi connectivity index (χ2v) is 4.84. The summed E-state index contributed by atoms with van der Waals surface area (Å²) in [6, 6.07) is 9.91. The highest BCUT2D eigenvalue weighted by Crippen LogP contribution is 2.21. The molecule has 5 heteroatoms. The average Bonchev–Trinajstić information content (AvgIpc) is 2.37. The number of rotatable bonds is 3. The molecule has 0 aliphatic heterocycles. The van der Waals surface area contributed by atoms with Crippen LogP contribution in [0.1, 0.15) is 17.0 Å². The van der Waals surface area contributed by atoms with Gasteiger partial charge in [-0.1, -0.05) is 17.7 Å². The van der Waals surface area contributed by atoms with Crippen LogP contribution in [0.2, 0.25) is 0 Å². The van der Waals surface area contributed by atoms with Crippen LogP contribution < -0.4 is 5.56 Å². The molecular weight excluding hydrogens is 246 g/mol. The van der Waals surface area contributed by atoms with Crippen molar-refractivity contribution >= 4 is 11.8 Å². The molecule has 1 heterocycles. The van der Waals surface area contributed by atoms with Crippen molar-refractivity contribution in [1.29, 1.82) is 5.26 Å². The molecule has 0 fully saturated rings. The summed E-state index contributed by atoms with van der Waals surface area (Å²) in [6.45, 7) is 2.03. The molecule has 18 heavy (non-hydrogen) atoms. The first-order valence-corrected chi connectivity index (χ1v) is 6.35. The molecule has 0 atom stereocenters. The van der Waals surface area contributed by atoms with Crippen molar-refractivity contribution in [2.45, 2.75) is 17.6 Å². The van der Waals surface area contributed by atoms with E-state index in [9.17, 15) is 4.79 Å². The van der Waals surface area contributed by atoms with E-state index in [1.165, 1.54) is 11.8 Å². The zero-order valence-corrected chi connectivity index (χ0v) is 10.6. The van der Waals surface area contributed by atoms with Gasteiger partial charge in [0.2, 0.25) is 0 Å². The maximum absolute atomic E-state index is 11.4. The molecule has 0 unspecified atom stereocenters. The van der Waals surface area contributed by atoms with Crippen molar-refractivity contribution in [2.24, 2.45) is 0 Å². The fraction of sp³-hybridized carbons (Fsp3) is 0.154. The first-order chi connectivity index (χ1) is 8.69. The predicted octanol–water partition coefficient (Wildman–Crippen LogP) is 2.24. The van der Waals surface area contributed by atoms with Crippen LogP contribution in [0.4, 0.5) is 0 Å². The molecule has 0 amide bonds. The number of aryl methyl sites for hydroxylation is 1. The third-order valence-corrected chi connectivity index (χ3v) is 3.34. The average molecular weight is 257 g/mol. The van der Waals surface area contributed by atoms with Crippen LogP contribution in [0.5, 0.6) is 0 Å². The van der Waals surface area contributed by atoms with Gasteiger partial charge in [-0.3, -0.25) is 4.79 Å². The standard InChI is InChI=1S/C13H11N3OS/c1-9-3-2-4-11(5-9)18-8-12-15-7-10(6-14)13(17)16-12/h2-5,7H,8H2,1H3,(H,15,16,17). The maximum Gasteiger partial charge on any atom is 0.268 e. The summed E-state index contributed by atoms with van der Waals surface area (Å²) >= 11 is 1.59. The van der Waals surface area contributed by atoms with Crippen molar-refractivity contribution < 1.29 is 0 Å². The number of nitriles is 1. The predicted molar refractivity (Wildman–Crippen MR) is 70.3 cm³/mol. The van der Waals surface area contributed by atoms with Gasteiger partial charge in [-0.05, 0) is 19.1 Å². The molecule has 4 nitrogen and oxygen atoms in total. The number of nitrogens with zero attached hydrogens (tertiary/aromatic N) is 2. The normalized spacial score (nSPS) is 10.0. The van der Waals surface area contributed by atoms with Gasteiger partial charge in [0.1, 0.15) is 17.5 Å². The number of nitrogens with one attached hydrogen (secondary N) is 1. The monoisotopic (exact) mass is 257 g/mol. The maximum atomic E-state index is 11.4. The minimum atomic E-state index is -0.382. The number of H-pyrrole nitrogens is 1. The molecule has 1 aromatic heterocycles. The van der Waals surface area contributed by atoms with Crippen molar-refractivity contribution in [3.63, 3.8) is 0 Å². The Morgan fingerprint density at radius 3 is 3.00 bits per heavy atom. The Morgan fingerprint density at radius 2 is 2.33 bits per heavy atom. The number of hydrogen-bond donors (Lipinski definition) is 1. The van der Waals surface area contributed by atoms with E-state index >= 15 is 0 Å². The van der Waals surface area contributed by atoms with E-state index < -0.39 is 0 Å². The molecule has 0 radical (unpaired) electrons. The van der Waals surface area contributed by atoms with Crippen LogP contribution in [0, 0.1) is 18.3 Å². The summed E-state index contributed by atoms with van der Waals surface area (Å²) in [7, 11) is 0. The van der Waals surface area contributed by atoms with Crippen LogP contribution in [0.3, 0.4) is 0 Å². The molecule has 2 aromatic rings. The first-order valence-electron chi connectivity index (χ1n) is 5.37. The Kier molecular flexibility index (Phi) is 3.80. The second kappa shape index (κ2) is 5.52. The SMILES string of the molecule is Cc1cccc(SCc2ncc(C#N)c(=O)[nH]2)c1. The molecule has 2 rings (SSSR count). The summed E-state index contributed by atoms with van der Waals surface area (Å²) in [5, 5.41) is 8.63. The summed E-state index contributed by atoms with van der Waals surface area (Å²) in [4.78, 5) is 19.2. The van der Waals surface area contributed by atoms with Crippen molar-refractivity contribution in [2.75, 3.05) is 0 Å². The molecule has 1 N–H and O–H groups in total. The molecule has 0 bridgehead atoms. The number of benzene rings is 1. The van der Waals surface area contributed by atoms with Gasteiger partial charge in [-0.25, -0.2) is 4.98 Å². The van der Waals surface area contributed by atoms with Crippen LogP contribution in [-0.2, 0) is 5.75 Å². The molecule has 0 aliphatic carbocycles. The number of aromatic nitrogens is 2. The smallest absolute Gasteiger partial charge is 0.268 e. The Bertz CT molecular complexity index is 658. The lowest BCUT2D eigenvalue weighted by Crippen LogP contribution is -2.13. The van der Waals surface area contributed by atoms with E-state index in [0.29, 0.717) is 11.6 Å². The molecule has 90 valence electrons. The number of hydrogen-bond acceptors (Lipinski definition) is 4. The Labute approximate surface area is 109 Å². The van der Waals surface area contributed by atoms with Crippen LogP contribution >= 0.6 is 11.8 Å². The molecule has 1 aromatic carbocycles. The van der Waals surface area contributed by atoms with Gasteiger partial charge in [0.15, 0.2) is 0 Å². The third kappa shape index (κ3) is 2.99. The number of thioether (sulfide) groups is 1. The molecule has 0 aliphatic rings. The Morgan fingerprint density at radius 1 is 1.50 bits per heavy atom. The van der Waals surface area contributed by atoms with Gasteiger partial charge < -0.3 is 4.98 Å². The zero-order valence-electron chi connectivity index (χ0n) is 9.80. The lowest BCUT2D eigenvalue weighted by atomic mass is 10.2. The van der Waals surface area contributed by atoms with E-state index in [0.717, 1.165) is 4.90 Å². The summed E-state index contributed by atoms with van der Waals surface area (Å²) in [5.41, 5.74) is 0.855. The van der Waals surface area contributed by atoms with Crippen LogP contribution in [0.15, 0.2) is 40.2 Å². The van der Waals surface area contributed by atoms with Crippen molar-refractivity contribution in [3.8, 4) is 6.07 Å². The van der Waals surface area contributed by atoms with E-state index in [2.05, 4.69) is 16.0 Å². The topological polar surface area (TPSA) is 69.5 Å². The largest absolute Gasteiger partial charge is 0.309 e. The highest BCUT2D eigenvalue weighted by Gasteiger charge is 2.02. The van der Waals surface area contributed by atoms with E-state index in [1.807, 2.05) is 25.1 Å². The summed E-state index contributed by atoms with van der Waals surface area (Å²) in [6.07, 6.45) is 1.31. The fourth-order valence-corrected chi connectivity index (χ4v) is 2.34. The highest BCUT2D eigenvalue weighted by molar-refractivity contribution is 7.98. The molecule has 0 saturated carbocycles. The molecular formula is C13H11N3OS. The van der Waals surface area contributed by atoms with Gasteiger partial charge in [0.05, 0.1) is 11.9 Å². The summed E-state index contributed by atoms with van der Waals surface area (Å²) in [5.74, 6) is 1.15. The Hall–Kier alpha value is -2.06. The zero-order chi connectivity index (χ0) is 13.0. The third-order valence-electron chi connectivity index (χ3n) is 2.34. The lowest BCUT2D eigenvalue weighted by molar-refractivity contribution is 0.992. The van der Waals surface area contributed by atoms with Gasteiger partial charge in [0, 0.05) is 4.90 Å². The van der Waals surface area contributed by atoms with Crippen molar-refractivity contribution in [1.82, 2.24) is 9.97 Å². The highest BCUT2D eigenvalue weighted by atomic mass is 32.2. The van der Waals surface area contributed by atoms with Crippen molar-refractivity contribution in [3.05, 3.63) is 57.8 Å². The van der Waals surface area contributed by atoms with Gasteiger partial charge in [-0.15, -0.1) is 11.8 Å². The number of aromatic amines is 1. The molecule has 0 spiro atoms. The van der Waals surface area contributed by atoms with Gasteiger partial charge >= 0.3 is 0 Å². The van der Waals surface area contributed by atoms with E-state index in [1.54, 1.807) is 17.8 Å². The Balaban J connectivity index is 2.09. The summed E-state index contributed by atoms with van der Waals surface area (Å²) < 4.78 is 0. The van der Waals surface area contributed by atoms with E-state index in [4.69, 9.17) is 5.26 Å². The van der Waals surface area contributed by atoms with Crippen LogP contribution in [-0.4, -0.2) is 9.97 Å². The second-order valence-electron chi connectivity index (χ2n) is 3.79. The molecule has 0 saturated heterocycles.